The Morgan fingerprint density at radius 3 is 2.76 bits per heavy atom. The summed E-state index contributed by atoms with van der Waals surface area (Å²) in [6.45, 7) is 5.77. The van der Waals surface area contributed by atoms with Gasteiger partial charge in [0.25, 0.3) is 0 Å². The summed E-state index contributed by atoms with van der Waals surface area (Å²) >= 11 is 8.51. The number of benzene rings is 1. The summed E-state index contributed by atoms with van der Waals surface area (Å²) in [6.07, 6.45) is 2.41. The molecule has 17 heavy (non-hydrogen) atoms. The molecule has 1 saturated heterocycles. The molecule has 1 aromatic rings. The lowest BCUT2D eigenvalue weighted by Gasteiger charge is -2.32. The minimum atomic E-state index is 0.563. The van der Waals surface area contributed by atoms with E-state index < -0.39 is 0 Å². The largest absolute Gasteiger partial charge is 0.381 e. The highest BCUT2D eigenvalue weighted by Crippen LogP contribution is 2.26. The predicted molar refractivity (Wildman–Crippen MR) is 82.9 cm³/mol. The van der Waals surface area contributed by atoms with Gasteiger partial charge in [0.05, 0.1) is 10.7 Å². The van der Waals surface area contributed by atoms with Gasteiger partial charge in [-0.15, -0.1) is 0 Å². The molecule has 4 heteroatoms. The Balaban J connectivity index is 1.95. The molecule has 0 amide bonds. The van der Waals surface area contributed by atoms with E-state index in [1.165, 1.54) is 29.5 Å². The molecule has 0 unspecified atom stereocenters. The summed E-state index contributed by atoms with van der Waals surface area (Å²) in [5.41, 5.74) is 1.08. The van der Waals surface area contributed by atoms with Crippen molar-refractivity contribution in [1.29, 1.82) is 0 Å². The van der Waals surface area contributed by atoms with Crippen LogP contribution in [0, 0.1) is 3.57 Å². The normalized spacial score (nSPS) is 18.3. The zero-order chi connectivity index (χ0) is 12.3. The summed E-state index contributed by atoms with van der Waals surface area (Å²) in [7, 11) is 0. The highest BCUT2D eigenvalue weighted by molar-refractivity contribution is 14.1. The molecule has 1 heterocycles. The number of hydrogen-bond acceptors (Lipinski definition) is 2. The molecule has 0 spiro atoms. The summed E-state index contributed by atoms with van der Waals surface area (Å²) < 4.78 is 1.22. The average molecular weight is 365 g/mol. The second-order valence-corrected chi connectivity index (χ2v) is 6.13. The van der Waals surface area contributed by atoms with Crippen LogP contribution in [0.3, 0.4) is 0 Å². The van der Waals surface area contributed by atoms with Crippen molar-refractivity contribution in [2.24, 2.45) is 0 Å². The van der Waals surface area contributed by atoms with Crippen LogP contribution >= 0.6 is 34.2 Å². The van der Waals surface area contributed by atoms with E-state index in [0.717, 1.165) is 17.3 Å². The molecule has 0 radical (unpaired) electrons. The first-order valence-electron chi connectivity index (χ1n) is 6.13. The quantitative estimate of drug-likeness (QED) is 0.820. The Bertz CT molecular complexity index is 376. The molecular weight excluding hydrogens is 347 g/mol. The highest BCUT2D eigenvalue weighted by atomic mass is 127. The Hall–Kier alpha value is -0.0000000000000000555. The number of halogens is 2. The molecule has 1 fully saturated rings. The van der Waals surface area contributed by atoms with Gasteiger partial charge in [0.1, 0.15) is 0 Å². The maximum atomic E-state index is 6.20. The maximum Gasteiger partial charge on any atom is 0.0638 e. The van der Waals surface area contributed by atoms with Crippen LogP contribution in [-0.4, -0.2) is 30.6 Å². The lowest BCUT2D eigenvalue weighted by molar-refractivity contribution is 0.229. The number of nitrogens with one attached hydrogen (secondary N) is 1. The molecule has 0 bridgehead atoms. The minimum absolute atomic E-state index is 0.563. The predicted octanol–water partition coefficient (Wildman–Crippen LogP) is 3.84. The molecule has 0 aromatic heterocycles. The van der Waals surface area contributed by atoms with Crippen molar-refractivity contribution in [2.45, 2.75) is 25.8 Å². The van der Waals surface area contributed by atoms with Crippen LogP contribution in [0.15, 0.2) is 18.2 Å². The van der Waals surface area contributed by atoms with Gasteiger partial charge in [0.2, 0.25) is 0 Å². The number of hydrogen-bond donors (Lipinski definition) is 1. The Kier molecular flexibility index (Phi) is 4.94. The molecule has 0 saturated carbocycles. The zero-order valence-corrected chi connectivity index (χ0v) is 13.0. The van der Waals surface area contributed by atoms with E-state index in [1.807, 2.05) is 12.1 Å². The van der Waals surface area contributed by atoms with Crippen molar-refractivity contribution in [3.63, 3.8) is 0 Å². The van der Waals surface area contributed by atoms with E-state index in [1.54, 1.807) is 0 Å². The number of rotatable bonds is 3. The molecule has 0 atom stereocenters. The lowest BCUT2D eigenvalue weighted by atomic mass is 10.0. The highest BCUT2D eigenvalue weighted by Gasteiger charge is 2.18. The zero-order valence-electron chi connectivity index (χ0n) is 10.0. The van der Waals surface area contributed by atoms with Gasteiger partial charge in [0.15, 0.2) is 0 Å². The van der Waals surface area contributed by atoms with Gasteiger partial charge in [-0.1, -0.05) is 18.5 Å². The smallest absolute Gasteiger partial charge is 0.0638 e. The van der Waals surface area contributed by atoms with Gasteiger partial charge in [-0.25, -0.2) is 0 Å². The molecule has 1 aromatic carbocycles. The third kappa shape index (κ3) is 3.73. The number of anilines is 1. The fourth-order valence-corrected chi connectivity index (χ4v) is 2.88. The van der Waals surface area contributed by atoms with E-state index in [2.05, 4.69) is 45.8 Å². The number of nitrogens with zero attached hydrogens (tertiary/aromatic N) is 1. The van der Waals surface area contributed by atoms with Gasteiger partial charge in [-0.3, -0.25) is 0 Å². The third-order valence-corrected chi connectivity index (χ3v) is 4.32. The van der Waals surface area contributed by atoms with E-state index in [-0.39, 0.29) is 0 Å². The van der Waals surface area contributed by atoms with Crippen molar-refractivity contribution in [3.8, 4) is 0 Å². The van der Waals surface area contributed by atoms with Crippen molar-refractivity contribution < 1.29 is 0 Å². The lowest BCUT2D eigenvalue weighted by Crippen LogP contribution is -2.38. The summed E-state index contributed by atoms with van der Waals surface area (Å²) in [5.74, 6) is 0. The maximum absolute atomic E-state index is 6.20. The van der Waals surface area contributed by atoms with Gasteiger partial charge >= 0.3 is 0 Å². The molecule has 2 rings (SSSR count). The van der Waals surface area contributed by atoms with E-state index in [0.29, 0.717) is 6.04 Å². The summed E-state index contributed by atoms with van der Waals surface area (Å²) in [6, 6.07) is 6.68. The van der Waals surface area contributed by atoms with Crippen LogP contribution in [-0.2, 0) is 0 Å². The summed E-state index contributed by atoms with van der Waals surface area (Å²) in [4.78, 5) is 2.49. The summed E-state index contributed by atoms with van der Waals surface area (Å²) in [5, 5.41) is 4.39. The number of likely N-dealkylation sites (tertiary alicyclic amines) is 1. The first-order chi connectivity index (χ1) is 8.19. The second kappa shape index (κ2) is 6.25. The Morgan fingerprint density at radius 2 is 2.12 bits per heavy atom. The fraction of sp³-hybridized carbons (Fsp3) is 0.538. The van der Waals surface area contributed by atoms with Crippen molar-refractivity contribution in [3.05, 3.63) is 26.8 Å². The van der Waals surface area contributed by atoms with Crippen LogP contribution in [0.2, 0.25) is 5.02 Å². The fourth-order valence-electron chi connectivity index (χ4n) is 2.22. The monoisotopic (exact) mass is 364 g/mol. The van der Waals surface area contributed by atoms with E-state index in [4.69, 9.17) is 11.6 Å². The van der Waals surface area contributed by atoms with Gasteiger partial charge in [-0.05, 0) is 60.2 Å². The van der Waals surface area contributed by atoms with Crippen LogP contribution < -0.4 is 5.32 Å². The first kappa shape index (κ1) is 13.4. The molecular formula is C13H18ClIN2. The average Bonchev–Trinajstić information content (AvgIpc) is 2.35. The van der Waals surface area contributed by atoms with Crippen LogP contribution in [0.1, 0.15) is 19.8 Å². The van der Waals surface area contributed by atoms with Crippen molar-refractivity contribution >= 4 is 39.9 Å². The molecule has 1 N–H and O–H groups in total. The van der Waals surface area contributed by atoms with Crippen LogP contribution in [0.4, 0.5) is 5.69 Å². The second-order valence-electron chi connectivity index (χ2n) is 4.48. The van der Waals surface area contributed by atoms with Gasteiger partial charge in [-0.2, -0.15) is 0 Å². The van der Waals surface area contributed by atoms with E-state index in [9.17, 15) is 0 Å². The molecule has 2 nitrogen and oxygen atoms in total. The topological polar surface area (TPSA) is 15.3 Å². The molecule has 1 aliphatic rings. The van der Waals surface area contributed by atoms with E-state index >= 15 is 0 Å². The molecule has 0 aliphatic carbocycles. The SMILES string of the molecule is CCN1CCC(Nc2cc(I)ccc2Cl)CC1. The Labute approximate surface area is 122 Å². The number of piperidine rings is 1. The molecule has 94 valence electrons. The van der Waals surface area contributed by atoms with Gasteiger partial charge < -0.3 is 10.2 Å². The van der Waals surface area contributed by atoms with Crippen molar-refractivity contribution in [1.82, 2.24) is 4.90 Å². The molecule has 1 aliphatic heterocycles. The minimum Gasteiger partial charge on any atom is -0.381 e. The standard InChI is InChI=1S/C13H18ClIN2/c1-2-17-7-5-11(6-8-17)16-13-9-10(15)3-4-12(13)14/h3-4,9,11,16H,2,5-8H2,1H3. The Morgan fingerprint density at radius 1 is 1.41 bits per heavy atom. The van der Waals surface area contributed by atoms with Crippen LogP contribution in [0.25, 0.3) is 0 Å². The first-order valence-corrected chi connectivity index (χ1v) is 7.58. The third-order valence-electron chi connectivity index (χ3n) is 3.32. The van der Waals surface area contributed by atoms with Crippen LogP contribution in [0.5, 0.6) is 0 Å². The van der Waals surface area contributed by atoms with Gasteiger partial charge in [0, 0.05) is 22.7 Å². The van der Waals surface area contributed by atoms with Crippen molar-refractivity contribution in [2.75, 3.05) is 25.0 Å².